The van der Waals surface area contributed by atoms with E-state index < -0.39 is 11.7 Å². The Bertz CT molecular complexity index is 355. The summed E-state index contributed by atoms with van der Waals surface area (Å²) in [6.45, 7) is 1.49. The lowest BCUT2D eigenvalue weighted by Gasteiger charge is -2.13. The van der Waals surface area contributed by atoms with Crippen LogP contribution in [0.2, 0.25) is 0 Å². The summed E-state index contributed by atoms with van der Waals surface area (Å²) < 4.78 is 42.3. The molecule has 1 saturated heterocycles. The van der Waals surface area contributed by atoms with Crippen molar-refractivity contribution in [1.29, 1.82) is 0 Å². The first-order chi connectivity index (χ1) is 8.05. The summed E-state index contributed by atoms with van der Waals surface area (Å²) in [5.41, 5.74) is -0.649. The van der Waals surface area contributed by atoms with E-state index in [4.69, 9.17) is 4.74 Å². The SMILES string of the molecule is FC(F)(F)c1ccc(OC[C@@H]2CCCN2)cc1. The van der Waals surface area contributed by atoms with E-state index >= 15 is 0 Å². The first-order valence-corrected chi connectivity index (χ1v) is 5.59. The highest BCUT2D eigenvalue weighted by atomic mass is 19.4. The summed E-state index contributed by atoms with van der Waals surface area (Å²) in [7, 11) is 0. The van der Waals surface area contributed by atoms with Gasteiger partial charge in [0.1, 0.15) is 12.4 Å². The van der Waals surface area contributed by atoms with Gasteiger partial charge in [0, 0.05) is 6.04 Å². The van der Waals surface area contributed by atoms with Crippen LogP contribution in [0, 0.1) is 0 Å². The Balaban J connectivity index is 1.89. The quantitative estimate of drug-likeness (QED) is 0.884. The van der Waals surface area contributed by atoms with Crippen molar-refractivity contribution in [2.45, 2.75) is 25.1 Å². The van der Waals surface area contributed by atoms with Crippen molar-refractivity contribution < 1.29 is 17.9 Å². The fraction of sp³-hybridized carbons (Fsp3) is 0.500. The van der Waals surface area contributed by atoms with E-state index in [2.05, 4.69) is 5.32 Å². The van der Waals surface area contributed by atoms with Gasteiger partial charge in [-0.15, -0.1) is 0 Å². The van der Waals surface area contributed by atoms with Gasteiger partial charge in [-0.05, 0) is 43.7 Å². The lowest BCUT2D eigenvalue weighted by Crippen LogP contribution is -2.28. The molecule has 0 spiro atoms. The molecule has 0 unspecified atom stereocenters. The molecule has 0 saturated carbocycles. The molecule has 1 aromatic rings. The lowest BCUT2D eigenvalue weighted by molar-refractivity contribution is -0.137. The minimum absolute atomic E-state index is 0.317. The molecule has 0 amide bonds. The van der Waals surface area contributed by atoms with Gasteiger partial charge in [-0.2, -0.15) is 13.2 Å². The Hall–Kier alpha value is -1.23. The number of ether oxygens (including phenoxy) is 1. The molecule has 0 aromatic heterocycles. The molecule has 0 aliphatic carbocycles. The van der Waals surface area contributed by atoms with Crippen LogP contribution in [0.1, 0.15) is 18.4 Å². The largest absolute Gasteiger partial charge is 0.492 e. The predicted molar refractivity (Wildman–Crippen MR) is 58.0 cm³/mol. The number of benzene rings is 1. The Labute approximate surface area is 97.8 Å². The zero-order valence-electron chi connectivity index (χ0n) is 9.26. The number of halogens is 3. The number of hydrogen-bond donors (Lipinski definition) is 1. The van der Waals surface area contributed by atoms with E-state index in [1.165, 1.54) is 12.1 Å². The summed E-state index contributed by atoms with van der Waals surface area (Å²) in [5.74, 6) is 0.478. The average Bonchev–Trinajstić information content (AvgIpc) is 2.78. The lowest BCUT2D eigenvalue weighted by atomic mass is 10.2. The molecular formula is C12H14F3NO. The second-order valence-corrected chi connectivity index (χ2v) is 4.13. The molecule has 1 fully saturated rings. The smallest absolute Gasteiger partial charge is 0.416 e. The van der Waals surface area contributed by atoms with E-state index in [1.54, 1.807) is 0 Å². The fourth-order valence-corrected chi connectivity index (χ4v) is 1.84. The van der Waals surface area contributed by atoms with E-state index in [9.17, 15) is 13.2 Å². The van der Waals surface area contributed by atoms with Crippen molar-refractivity contribution in [2.24, 2.45) is 0 Å². The highest BCUT2D eigenvalue weighted by molar-refractivity contribution is 5.28. The Morgan fingerprint density at radius 1 is 1.24 bits per heavy atom. The van der Waals surface area contributed by atoms with Crippen molar-refractivity contribution in [3.05, 3.63) is 29.8 Å². The van der Waals surface area contributed by atoms with Crippen LogP contribution < -0.4 is 10.1 Å². The molecular weight excluding hydrogens is 231 g/mol. The zero-order valence-corrected chi connectivity index (χ0v) is 9.26. The third-order valence-electron chi connectivity index (χ3n) is 2.80. The van der Waals surface area contributed by atoms with Gasteiger partial charge in [0.2, 0.25) is 0 Å². The molecule has 5 heteroatoms. The summed E-state index contributed by atoms with van der Waals surface area (Å²) in [5, 5.41) is 3.26. The van der Waals surface area contributed by atoms with Gasteiger partial charge in [-0.25, -0.2) is 0 Å². The van der Waals surface area contributed by atoms with Crippen LogP contribution in [0.4, 0.5) is 13.2 Å². The van der Waals surface area contributed by atoms with Gasteiger partial charge in [0.05, 0.1) is 5.56 Å². The minimum atomic E-state index is -4.29. The molecule has 0 radical (unpaired) electrons. The van der Waals surface area contributed by atoms with E-state index in [0.717, 1.165) is 31.5 Å². The second kappa shape index (κ2) is 4.96. The molecule has 1 atom stereocenters. The van der Waals surface area contributed by atoms with Gasteiger partial charge in [0.15, 0.2) is 0 Å². The Kier molecular flexibility index (Phi) is 3.57. The van der Waals surface area contributed by atoms with Crippen molar-refractivity contribution in [2.75, 3.05) is 13.2 Å². The molecule has 94 valence electrons. The average molecular weight is 245 g/mol. The molecule has 1 N–H and O–H groups in total. The standard InChI is InChI=1S/C12H14F3NO/c13-12(14,15)9-3-5-11(6-4-9)17-8-10-2-1-7-16-10/h3-6,10,16H,1-2,7-8H2/t10-/m0/s1. The van der Waals surface area contributed by atoms with Crippen LogP contribution in [-0.4, -0.2) is 19.2 Å². The van der Waals surface area contributed by atoms with Crippen LogP contribution in [0.15, 0.2) is 24.3 Å². The summed E-state index contributed by atoms with van der Waals surface area (Å²) in [6.07, 6.45) is -2.10. The first-order valence-electron chi connectivity index (χ1n) is 5.59. The zero-order chi connectivity index (χ0) is 12.3. The first kappa shape index (κ1) is 12.2. The van der Waals surface area contributed by atoms with Crippen LogP contribution in [0.3, 0.4) is 0 Å². The Morgan fingerprint density at radius 2 is 1.94 bits per heavy atom. The molecule has 2 rings (SSSR count). The van der Waals surface area contributed by atoms with E-state index in [-0.39, 0.29) is 0 Å². The number of rotatable bonds is 3. The van der Waals surface area contributed by atoms with Gasteiger partial charge < -0.3 is 10.1 Å². The Morgan fingerprint density at radius 3 is 2.47 bits per heavy atom. The van der Waals surface area contributed by atoms with Crippen LogP contribution in [-0.2, 0) is 6.18 Å². The molecule has 0 bridgehead atoms. The minimum Gasteiger partial charge on any atom is -0.492 e. The molecule has 1 heterocycles. The van der Waals surface area contributed by atoms with Crippen molar-refractivity contribution in [3.8, 4) is 5.75 Å². The predicted octanol–water partition coefficient (Wildman–Crippen LogP) is 2.84. The van der Waals surface area contributed by atoms with Gasteiger partial charge >= 0.3 is 6.18 Å². The molecule has 2 nitrogen and oxygen atoms in total. The maximum Gasteiger partial charge on any atom is 0.416 e. The highest BCUT2D eigenvalue weighted by Gasteiger charge is 2.30. The van der Waals surface area contributed by atoms with E-state index in [1.807, 2.05) is 0 Å². The molecule has 1 aliphatic heterocycles. The third kappa shape index (κ3) is 3.36. The monoisotopic (exact) mass is 245 g/mol. The normalized spacial score (nSPS) is 20.5. The maximum absolute atomic E-state index is 12.3. The molecule has 17 heavy (non-hydrogen) atoms. The fourth-order valence-electron chi connectivity index (χ4n) is 1.84. The maximum atomic E-state index is 12.3. The number of hydrogen-bond acceptors (Lipinski definition) is 2. The van der Waals surface area contributed by atoms with Crippen molar-refractivity contribution >= 4 is 0 Å². The number of nitrogens with one attached hydrogen (secondary N) is 1. The second-order valence-electron chi connectivity index (χ2n) is 4.13. The van der Waals surface area contributed by atoms with Crippen LogP contribution in [0.5, 0.6) is 5.75 Å². The third-order valence-corrected chi connectivity index (χ3v) is 2.80. The van der Waals surface area contributed by atoms with E-state index in [0.29, 0.717) is 18.4 Å². The summed E-state index contributed by atoms with van der Waals surface area (Å²) >= 11 is 0. The van der Waals surface area contributed by atoms with Gasteiger partial charge in [0.25, 0.3) is 0 Å². The molecule has 1 aromatic carbocycles. The van der Waals surface area contributed by atoms with Gasteiger partial charge in [-0.3, -0.25) is 0 Å². The van der Waals surface area contributed by atoms with Crippen LogP contribution >= 0.6 is 0 Å². The topological polar surface area (TPSA) is 21.3 Å². The van der Waals surface area contributed by atoms with Crippen molar-refractivity contribution in [1.82, 2.24) is 5.32 Å². The number of alkyl halides is 3. The summed E-state index contributed by atoms with van der Waals surface area (Å²) in [4.78, 5) is 0. The molecule has 1 aliphatic rings. The van der Waals surface area contributed by atoms with Crippen molar-refractivity contribution in [3.63, 3.8) is 0 Å². The highest BCUT2D eigenvalue weighted by Crippen LogP contribution is 2.30. The summed E-state index contributed by atoms with van der Waals surface area (Å²) in [6, 6.07) is 5.11. The van der Waals surface area contributed by atoms with Crippen LogP contribution in [0.25, 0.3) is 0 Å². The van der Waals surface area contributed by atoms with Gasteiger partial charge in [-0.1, -0.05) is 0 Å².